The van der Waals surface area contributed by atoms with E-state index in [1.807, 2.05) is 34.9 Å². The minimum atomic E-state index is -0.493. The van der Waals surface area contributed by atoms with Gasteiger partial charge >= 0.3 is 6.09 Å². The van der Waals surface area contributed by atoms with E-state index in [4.69, 9.17) is 10.5 Å². The van der Waals surface area contributed by atoms with Crippen LogP contribution in [0.5, 0.6) is 0 Å². The van der Waals surface area contributed by atoms with Gasteiger partial charge in [0.15, 0.2) is 0 Å². The number of para-hydroxylation sites is 1. The van der Waals surface area contributed by atoms with Gasteiger partial charge < -0.3 is 20.7 Å². The number of fused-ring (bicyclic) bond motifs is 3. The monoisotopic (exact) mass is 516 g/mol. The van der Waals surface area contributed by atoms with E-state index in [0.29, 0.717) is 17.7 Å². The first-order valence-electron chi connectivity index (χ1n) is 13.3. The number of rotatable bonds is 5. The number of benzene rings is 2. The molecule has 1 aliphatic heterocycles. The molecule has 2 aromatic carbocycles. The molecule has 3 aromatic rings. The second kappa shape index (κ2) is 9.82. The molecule has 38 heavy (non-hydrogen) atoms. The van der Waals surface area contributed by atoms with Crippen LogP contribution in [-0.4, -0.2) is 53.6 Å². The van der Waals surface area contributed by atoms with Crippen LogP contribution in [0.25, 0.3) is 22.0 Å². The van der Waals surface area contributed by atoms with E-state index in [1.54, 1.807) is 20.2 Å². The van der Waals surface area contributed by atoms with Crippen LogP contribution in [0.1, 0.15) is 66.8 Å². The van der Waals surface area contributed by atoms with Crippen molar-refractivity contribution in [2.75, 3.05) is 19.4 Å². The maximum atomic E-state index is 13.2. The number of nitrogens with zero attached hydrogens (tertiary/aromatic N) is 2. The Morgan fingerprint density at radius 1 is 1.05 bits per heavy atom. The van der Waals surface area contributed by atoms with Crippen LogP contribution in [0.3, 0.4) is 0 Å². The number of anilines is 1. The van der Waals surface area contributed by atoms with Gasteiger partial charge in [0.1, 0.15) is 6.10 Å². The van der Waals surface area contributed by atoms with E-state index in [-0.39, 0.29) is 29.6 Å². The number of ether oxygens (including phenoxy) is 1. The molecule has 200 valence electrons. The second-order valence-corrected chi connectivity index (χ2v) is 11.6. The molecule has 2 amide bonds. The fourth-order valence-electron chi connectivity index (χ4n) is 5.90. The lowest BCUT2D eigenvalue weighted by atomic mass is 9.80. The summed E-state index contributed by atoms with van der Waals surface area (Å²) in [7, 11) is 3.35. The number of amides is 2. The molecule has 8 heteroatoms. The molecule has 0 bridgehead atoms. The summed E-state index contributed by atoms with van der Waals surface area (Å²) in [5.74, 6) is -0.384. The third-order valence-corrected chi connectivity index (χ3v) is 7.74. The molecular formula is C30H36N4O4. The van der Waals surface area contributed by atoms with Crippen LogP contribution in [0, 0.1) is 5.41 Å². The summed E-state index contributed by atoms with van der Waals surface area (Å²) in [5.41, 5.74) is 10.6. The molecule has 0 atom stereocenters. The molecule has 1 saturated carbocycles. The Balaban J connectivity index is 1.48. The maximum absolute atomic E-state index is 13.2. The van der Waals surface area contributed by atoms with E-state index in [1.165, 1.54) is 4.90 Å². The molecule has 2 heterocycles. The molecule has 1 aliphatic carbocycles. The van der Waals surface area contributed by atoms with Crippen LogP contribution < -0.4 is 11.1 Å². The Morgan fingerprint density at radius 2 is 1.76 bits per heavy atom. The number of carbonyl (C=O) groups excluding carboxylic acids is 3. The van der Waals surface area contributed by atoms with Gasteiger partial charge in [-0.05, 0) is 61.3 Å². The Kier molecular flexibility index (Phi) is 6.67. The topological polar surface area (TPSA) is 107 Å². The summed E-state index contributed by atoms with van der Waals surface area (Å²) in [4.78, 5) is 38.9. The van der Waals surface area contributed by atoms with E-state index in [9.17, 15) is 14.4 Å². The SMILES string of the molecule is CN(C)C(=O)OC1CCC(Nc2cc(-c3c4n(c5ccccc35)C(=O)CC(C)(C)C4)ccc2C(N)=O)CC1. The van der Waals surface area contributed by atoms with Gasteiger partial charge in [-0.25, -0.2) is 4.79 Å². The van der Waals surface area contributed by atoms with Gasteiger partial charge in [-0.1, -0.05) is 38.1 Å². The van der Waals surface area contributed by atoms with Crippen LogP contribution >= 0.6 is 0 Å². The number of nitrogens with two attached hydrogens (primary N) is 1. The molecule has 3 N–H and O–H groups in total. The van der Waals surface area contributed by atoms with Crippen molar-refractivity contribution < 1.29 is 19.1 Å². The summed E-state index contributed by atoms with van der Waals surface area (Å²) < 4.78 is 7.43. The summed E-state index contributed by atoms with van der Waals surface area (Å²) in [5, 5.41) is 4.58. The molecule has 0 spiro atoms. The van der Waals surface area contributed by atoms with Crippen LogP contribution in [0.2, 0.25) is 0 Å². The Bertz CT molecular complexity index is 1410. The highest BCUT2D eigenvalue weighted by atomic mass is 16.6. The predicted molar refractivity (Wildman–Crippen MR) is 148 cm³/mol. The largest absolute Gasteiger partial charge is 0.446 e. The van der Waals surface area contributed by atoms with Crippen LogP contribution in [-0.2, 0) is 11.2 Å². The fraction of sp³-hybridized carbons (Fsp3) is 0.433. The van der Waals surface area contributed by atoms with Gasteiger partial charge in [-0.3, -0.25) is 14.2 Å². The number of primary amides is 1. The van der Waals surface area contributed by atoms with E-state index in [2.05, 4.69) is 25.2 Å². The first-order valence-corrected chi connectivity index (χ1v) is 13.3. The molecular weight excluding hydrogens is 480 g/mol. The standard InChI is InChI=1S/C30H36N4O4/c1-30(2)16-25-27(22-7-5-6-8-24(22)34(25)26(35)17-30)18-9-14-21(28(31)36)23(15-18)32-19-10-12-20(13-11-19)38-29(37)33(3)4/h5-9,14-15,19-20,32H,10-13,16-17H2,1-4H3,(H2,31,36). The smallest absolute Gasteiger partial charge is 0.409 e. The Labute approximate surface area is 223 Å². The number of hydrogen-bond donors (Lipinski definition) is 2. The summed E-state index contributed by atoms with van der Waals surface area (Å²) in [6.45, 7) is 4.26. The molecule has 1 aromatic heterocycles. The molecule has 0 saturated heterocycles. The highest BCUT2D eigenvalue weighted by molar-refractivity contribution is 6.06. The summed E-state index contributed by atoms with van der Waals surface area (Å²) >= 11 is 0. The van der Waals surface area contributed by atoms with Crippen molar-refractivity contribution in [3.8, 4) is 11.1 Å². The highest BCUT2D eigenvalue weighted by Crippen LogP contribution is 2.43. The molecule has 2 aliphatic rings. The summed E-state index contributed by atoms with van der Waals surface area (Å²) in [6.07, 6.45) is 3.95. The molecule has 5 rings (SSSR count). The number of hydrogen-bond acceptors (Lipinski definition) is 5. The van der Waals surface area contributed by atoms with Crippen LogP contribution in [0.4, 0.5) is 10.5 Å². The fourth-order valence-corrected chi connectivity index (χ4v) is 5.90. The van der Waals surface area contributed by atoms with Crippen molar-refractivity contribution in [2.45, 2.75) is 64.5 Å². The van der Waals surface area contributed by atoms with Crippen molar-refractivity contribution in [1.29, 1.82) is 0 Å². The molecule has 0 unspecified atom stereocenters. The van der Waals surface area contributed by atoms with Gasteiger partial charge in [0.05, 0.1) is 11.1 Å². The minimum Gasteiger partial charge on any atom is -0.446 e. The minimum absolute atomic E-state index is 0.106. The van der Waals surface area contributed by atoms with Gasteiger partial charge in [0.25, 0.3) is 5.91 Å². The zero-order chi connectivity index (χ0) is 27.2. The third kappa shape index (κ3) is 4.87. The zero-order valence-corrected chi connectivity index (χ0v) is 22.5. The van der Waals surface area contributed by atoms with Crippen molar-refractivity contribution in [3.63, 3.8) is 0 Å². The number of carbonyl (C=O) groups is 3. The van der Waals surface area contributed by atoms with E-state index >= 15 is 0 Å². The maximum Gasteiger partial charge on any atom is 0.409 e. The molecule has 0 radical (unpaired) electrons. The molecule has 8 nitrogen and oxygen atoms in total. The lowest BCUT2D eigenvalue weighted by Crippen LogP contribution is -2.34. The third-order valence-electron chi connectivity index (χ3n) is 7.74. The average molecular weight is 517 g/mol. The van der Waals surface area contributed by atoms with E-state index < -0.39 is 5.91 Å². The van der Waals surface area contributed by atoms with Crippen molar-refractivity contribution in [3.05, 3.63) is 53.7 Å². The first kappa shape index (κ1) is 25.8. The average Bonchev–Trinajstić information content (AvgIpc) is 3.18. The highest BCUT2D eigenvalue weighted by Gasteiger charge is 2.35. The van der Waals surface area contributed by atoms with Crippen molar-refractivity contribution >= 4 is 34.5 Å². The quantitative estimate of drug-likeness (QED) is 0.470. The lowest BCUT2D eigenvalue weighted by Gasteiger charge is -2.31. The Morgan fingerprint density at radius 3 is 2.45 bits per heavy atom. The van der Waals surface area contributed by atoms with Gasteiger partial charge in [0, 0.05) is 48.9 Å². The number of aromatic nitrogens is 1. The molecule has 1 fully saturated rings. The van der Waals surface area contributed by atoms with Crippen molar-refractivity contribution in [1.82, 2.24) is 9.47 Å². The van der Waals surface area contributed by atoms with Crippen LogP contribution in [0.15, 0.2) is 42.5 Å². The lowest BCUT2D eigenvalue weighted by molar-refractivity contribution is 0.0540. The van der Waals surface area contributed by atoms with Gasteiger partial charge in [-0.2, -0.15) is 0 Å². The number of nitrogens with one attached hydrogen (secondary N) is 1. The zero-order valence-electron chi connectivity index (χ0n) is 22.5. The predicted octanol–water partition coefficient (Wildman–Crippen LogP) is 5.44. The first-order chi connectivity index (χ1) is 18.0. The van der Waals surface area contributed by atoms with Gasteiger partial charge in [-0.15, -0.1) is 0 Å². The normalized spacial score (nSPS) is 20.6. The van der Waals surface area contributed by atoms with Crippen molar-refractivity contribution in [2.24, 2.45) is 11.1 Å². The summed E-state index contributed by atoms with van der Waals surface area (Å²) in [6, 6.07) is 13.8. The Hall–Kier alpha value is -3.81. The second-order valence-electron chi connectivity index (χ2n) is 11.6. The van der Waals surface area contributed by atoms with Gasteiger partial charge in [0.2, 0.25) is 5.91 Å². The van der Waals surface area contributed by atoms with E-state index in [0.717, 1.165) is 59.8 Å².